The summed E-state index contributed by atoms with van der Waals surface area (Å²) in [4.78, 5) is 32.8. The second-order valence-electron chi connectivity index (χ2n) is 8.70. The molecule has 0 aliphatic rings. The molecule has 0 saturated carbocycles. The van der Waals surface area contributed by atoms with E-state index in [0.29, 0.717) is 65.3 Å². The molecule has 0 aliphatic heterocycles. The van der Waals surface area contributed by atoms with E-state index < -0.39 is 0 Å². The van der Waals surface area contributed by atoms with E-state index in [0.717, 1.165) is 0 Å². The van der Waals surface area contributed by atoms with Crippen molar-refractivity contribution in [1.82, 2.24) is 4.98 Å². The molecule has 3 N–H and O–H groups in total. The Hall–Kier alpha value is -4.40. The van der Waals surface area contributed by atoms with E-state index in [2.05, 4.69) is 5.32 Å². The Balaban J connectivity index is 1.76. The van der Waals surface area contributed by atoms with Gasteiger partial charge in [0, 0.05) is 27.2 Å². The van der Waals surface area contributed by atoms with E-state index in [1.807, 2.05) is 24.3 Å². The first-order valence-electron chi connectivity index (χ1n) is 11.9. The number of benzene rings is 3. The van der Waals surface area contributed by atoms with Gasteiger partial charge in [0.1, 0.15) is 9.71 Å². The molecule has 5 aromatic rings. The van der Waals surface area contributed by atoms with Gasteiger partial charge < -0.3 is 20.5 Å². The number of rotatable bonds is 7. The summed E-state index contributed by atoms with van der Waals surface area (Å²) in [7, 11) is 3.09. The van der Waals surface area contributed by atoms with Gasteiger partial charge in [0.05, 0.1) is 31.2 Å². The van der Waals surface area contributed by atoms with Crippen LogP contribution in [-0.4, -0.2) is 30.9 Å². The number of nitrogen functional groups attached to an aromatic ring is 1. The van der Waals surface area contributed by atoms with E-state index >= 15 is 0 Å². The van der Waals surface area contributed by atoms with Crippen LogP contribution in [0.15, 0.2) is 72.8 Å². The zero-order valence-corrected chi connectivity index (χ0v) is 22.9. The topological polar surface area (TPSA) is 104 Å². The number of ketones is 1. The van der Waals surface area contributed by atoms with Crippen LogP contribution in [0.3, 0.4) is 0 Å². The molecule has 0 fully saturated rings. The number of nitrogens with one attached hydrogen (secondary N) is 1. The Morgan fingerprint density at radius 1 is 0.949 bits per heavy atom. The largest absolute Gasteiger partial charge is 0.493 e. The number of carbonyl (C=O) groups excluding carboxylic acids is 2. The Labute approximate surface area is 234 Å². The fraction of sp³-hybridized carbons (Fsp3) is 0.100. The molecule has 7 nitrogen and oxygen atoms in total. The van der Waals surface area contributed by atoms with Gasteiger partial charge in [-0.1, -0.05) is 35.9 Å². The van der Waals surface area contributed by atoms with Crippen molar-refractivity contribution in [2.45, 2.75) is 6.92 Å². The lowest BCUT2D eigenvalue weighted by atomic mass is 9.94. The first-order chi connectivity index (χ1) is 18.8. The predicted molar refractivity (Wildman–Crippen MR) is 157 cm³/mol. The highest BCUT2D eigenvalue weighted by atomic mass is 35.5. The number of aryl methyl sites for hydroxylation is 1. The summed E-state index contributed by atoms with van der Waals surface area (Å²) in [5.41, 5.74) is 10.1. The molecule has 0 radical (unpaired) electrons. The number of amides is 1. The summed E-state index contributed by atoms with van der Waals surface area (Å²) in [5, 5.41) is 4.00. The number of hydrogen-bond donors (Lipinski definition) is 2. The van der Waals surface area contributed by atoms with E-state index in [4.69, 9.17) is 31.8 Å². The van der Waals surface area contributed by atoms with Gasteiger partial charge in [0.25, 0.3) is 5.91 Å². The van der Waals surface area contributed by atoms with Crippen LogP contribution in [0.4, 0.5) is 11.4 Å². The van der Waals surface area contributed by atoms with Crippen LogP contribution in [0.2, 0.25) is 5.02 Å². The maximum absolute atomic E-state index is 13.7. The number of ether oxygens (including phenoxy) is 2. The third kappa shape index (κ3) is 4.92. The van der Waals surface area contributed by atoms with Gasteiger partial charge in [0.2, 0.25) is 5.78 Å². The lowest BCUT2D eigenvalue weighted by molar-refractivity contribution is 0.102. The maximum Gasteiger partial charge on any atom is 0.258 e. The molecular weight excluding hydrogens is 534 g/mol. The number of pyridine rings is 1. The number of fused-ring (bicyclic) bond motifs is 1. The van der Waals surface area contributed by atoms with Gasteiger partial charge in [0.15, 0.2) is 11.5 Å². The molecular formula is C30H24ClN3O4S. The van der Waals surface area contributed by atoms with Crippen molar-refractivity contribution < 1.29 is 19.1 Å². The molecule has 0 bridgehead atoms. The van der Waals surface area contributed by atoms with Crippen molar-refractivity contribution in [2.24, 2.45) is 0 Å². The molecule has 5 rings (SSSR count). The number of nitrogens with two attached hydrogens (primary N) is 1. The zero-order chi connectivity index (χ0) is 27.7. The van der Waals surface area contributed by atoms with E-state index in [1.54, 1.807) is 69.7 Å². The van der Waals surface area contributed by atoms with Crippen LogP contribution in [-0.2, 0) is 0 Å². The summed E-state index contributed by atoms with van der Waals surface area (Å²) in [6.45, 7) is 1.76. The minimum Gasteiger partial charge on any atom is -0.493 e. The quantitative estimate of drug-likeness (QED) is 0.209. The number of anilines is 2. The summed E-state index contributed by atoms with van der Waals surface area (Å²) in [6.07, 6.45) is 0. The van der Waals surface area contributed by atoms with E-state index in [1.165, 1.54) is 11.3 Å². The maximum atomic E-state index is 13.7. The minimum atomic E-state index is -0.353. The van der Waals surface area contributed by atoms with Crippen LogP contribution in [0.25, 0.3) is 21.3 Å². The van der Waals surface area contributed by atoms with E-state index in [9.17, 15) is 9.59 Å². The van der Waals surface area contributed by atoms with Crippen molar-refractivity contribution in [3.8, 4) is 22.6 Å². The molecule has 0 unspecified atom stereocenters. The second-order valence-corrected chi connectivity index (χ2v) is 10.1. The van der Waals surface area contributed by atoms with Gasteiger partial charge in [-0.25, -0.2) is 4.98 Å². The van der Waals surface area contributed by atoms with Crippen molar-refractivity contribution in [1.29, 1.82) is 0 Å². The number of para-hydroxylation sites is 1. The van der Waals surface area contributed by atoms with Crippen molar-refractivity contribution in [3.05, 3.63) is 99.5 Å². The van der Waals surface area contributed by atoms with Crippen molar-refractivity contribution in [2.75, 3.05) is 25.3 Å². The first-order valence-corrected chi connectivity index (χ1v) is 13.1. The van der Waals surface area contributed by atoms with Gasteiger partial charge >= 0.3 is 0 Å². The molecule has 0 spiro atoms. The monoisotopic (exact) mass is 557 g/mol. The average molecular weight is 558 g/mol. The van der Waals surface area contributed by atoms with Gasteiger partial charge in [-0.15, -0.1) is 11.3 Å². The molecule has 1 amide bonds. The van der Waals surface area contributed by atoms with Crippen LogP contribution >= 0.6 is 22.9 Å². The summed E-state index contributed by atoms with van der Waals surface area (Å²) >= 11 is 7.20. The fourth-order valence-electron chi connectivity index (χ4n) is 4.44. The second kappa shape index (κ2) is 10.8. The molecule has 0 aliphatic carbocycles. The molecule has 196 valence electrons. The summed E-state index contributed by atoms with van der Waals surface area (Å²) in [5.74, 6) is 0.418. The molecule has 9 heteroatoms. The number of aromatic nitrogens is 1. The Kier molecular flexibility index (Phi) is 7.24. The van der Waals surface area contributed by atoms with Crippen molar-refractivity contribution in [3.63, 3.8) is 0 Å². The number of nitrogens with zero attached hydrogens (tertiary/aromatic N) is 1. The van der Waals surface area contributed by atoms with Gasteiger partial charge in [-0.2, -0.15) is 0 Å². The van der Waals surface area contributed by atoms with Gasteiger partial charge in [-0.3, -0.25) is 9.59 Å². The molecule has 39 heavy (non-hydrogen) atoms. The molecule has 3 aromatic carbocycles. The first kappa shape index (κ1) is 26.2. The number of hydrogen-bond acceptors (Lipinski definition) is 7. The highest BCUT2D eigenvalue weighted by Crippen LogP contribution is 2.44. The van der Waals surface area contributed by atoms with Crippen LogP contribution in [0.1, 0.15) is 31.3 Å². The SMILES string of the molecule is COc1ccc(-c2c(C(=O)Nc3ccccc3)c(C)nc3sc(C(=O)c4ccc(Cl)cc4)c(N)c23)cc1OC. The zero-order valence-electron chi connectivity index (χ0n) is 21.4. The highest BCUT2D eigenvalue weighted by molar-refractivity contribution is 7.21. The number of halogens is 1. The predicted octanol–water partition coefficient (Wildman–Crippen LogP) is 7.01. The normalized spacial score (nSPS) is 10.9. The highest BCUT2D eigenvalue weighted by Gasteiger charge is 2.27. The third-order valence-electron chi connectivity index (χ3n) is 6.30. The Morgan fingerprint density at radius 3 is 2.31 bits per heavy atom. The molecule has 0 atom stereocenters. The number of carbonyl (C=O) groups is 2. The summed E-state index contributed by atoms with van der Waals surface area (Å²) < 4.78 is 11.0. The lowest BCUT2D eigenvalue weighted by Crippen LogP contribution is -2.16. The standard InChI is InChI=1S/C30H24ClN3O4S/c1-16-23(29(36)34-20-7-5-4-6-8-20)24(18-11-14-21(37-2)22(15-18)38-3)25-26(32)28(39-30(25)33-16)27(35)17-9-12-19(31)13-10-17/h4-15H,32H2,1-3H3,(H,34,36). The Morgan fingerprint density at radius 2 is 1.64 bits per heavy atom. The third-order valence-corrected chi connectivity index (χ3v) is 7.65. The fourth-order valence-corrected chi connectivity index (χ4v) is 5.68. The van der Waals surface area contributed by atoms with Crippen LogP contribution in [0.5, 0.6) is 11.5 Å². The molecule has 0 saturated heterocycles. The van der Waals surface area contributed by atoms with E-state index in [-0.39, 0.29) is 17.4 Å². The number of thiophene rings is 1. The van der Waals surface area contributed by atoms with Crippen LogP contribution < -0.4 is 20.5 Å². The average Bonchev–Trinajstić information content (AvgIpc) is 3.27. The molecule has 2 heterocycles. The summed E-state index contributed by atoms with van der Waals surface area (Å²) in [6, 6.07) is 21.1. The van der Waals surface area contributed by atoms with Crippen molar-refractivity contribution >= 4 is 56.2 Å². The smallest absolute Gasteiger partial charge is 0.258 e. The lowest BCUT2D eigenvalue weighted by Gasteiger charge is -2.16. The minimum absolute atomic E-state index is 0.251. The number of methoxy groups -OCH3 is 2. The molecule has 2 aromatic heterocycles. The van der Waals surface area contributed by atoms with Gasteiger partial charge in [-0.05, 0) is 61.0 Å². The van der Waals surface area contributed by atoms with Crippen LogP contribution in [0, 0.1) is 6.92 Å². The Bertz CT molecular complexity index is 1720.